The summed E-state index contributed by atoms with van der Waals surface area (Å²) >= 11 is 0. The molecule has 0 atom stereocenters. The lowest BCUT2D eigenvalue weighted by Crippen LogP contribution is -2.21. The molecule has 0 spiro atoms. The van der Waals surface area contributed by atoms with E-state index in [2.05, 4.69) is 36.2 Å². The molecule has 1 nitrogen and oxygen atoms in total. The Morgan fingerprint density at radius 2 is 2.12 bits per heavy atom. The average molecular weight is 211 g/mol. The number of nitrogens with one attached hydrogen (secondary N) is 1. The van der Waals surface area contributed by atoms with Crippen LogP contribution in [0.1, 0.15) is 29.5 Å². The Kier molecular flexibility index (Phi) is 2.41. The van der Waals surface area contributed by atoms with Crippen LogP contribution in [-0.2, 0) is 6.42 Å². The molecule has 16 heavy (non-hydrogen) atoms. The van der Waals surface area contributed by atoms with Crippen LogP contribution in [0.4, 0.5) is 0 Å². The number of rotatable bonds is 1. The molecule has 1 aliphatic carbocycles. The molecule has 82 valence electrons. The molecule has 0 amide bonds. The number of fused-ring (bicyclic) bond motifs is 1. The van der Waals surface area contributed by atoms with Crippen molar-refractivity contribution in [2.24, 2.45) is 0 Å². The van der Waals surface area contributed by atoms with Gasteiger partial charge in [-0.15, -0.1) is 0 Å². The first-order valence-corrected chi connectivity index (χ1v) is 6.06. The summed E-state index contributed by atoms with van der Waals surface area (Å²) in [6, 6.07) is 6.84. The Bertz CT molecular complexity index is 468. The standard InChI is InChI=1S/C15H17N/c1-11-4-5-13-9-12(6-7-15(11)13)14-3-2-8-16-10-14/h3,6-7,9,16H,1-2,4-5,8,10H2. The highest BCUT2D eigenvalue weighted by molar-refractivity contribution is 5.75. The molecule has 1 N–H and O–H groups in total. The Hall–Kier alpha value is -1.34. The molecule has 0 saturated heterocycles. The van der Waals surface area contributed by atoms with Crippen molar-refractivity contribution >= 4 is 11.1 Å². The van der Waals surface area contributed by atoms with Gasteiger partial charge in [0.05, 0.1) is 0 Å². The predicted molar refractivity (Wildman–Crippen MR) is 69.3 cm³/mol. The quantitative estimate of drug-likeness (QED) is 0.753. The van der Waals surface area contributed by atoms with Crippen molar-refractivity contribution in [1.29, 1.82) is 0 Å². The fourth-order valence-electron chi connectivity index (χ4n) is 2.63. The molecule has 0 aromatic heterocycles. The second kappa shape index (κ2) is 3.91. The SMILES string of the molecule is C=C1CCc2cc(C3=CCCNC3)ccc21. The normalized spacial score (nSPS) is 19.5. The smallest absolute Gasteiger partial charge is 0.0208 e. The summed E-state index contributed by atoms with van der Waals surface area (Å²) in [5, 5.41) is 3.42. The van der Waals surface area contributed by atoms with Crippen LogP contribution in [0.25, 0.3) is 11.1 Å². The van der Waals surface area contributed by atoms with E-state index in [9.17, 15) is 0 Å². The molecule has 0 radical (unpaired) electrons. The number of aryl methyl sites for hydroxylation is 1. The van der Waals surface area contributed by atoms with E-state index in [1.165, 1.54) is 34.3 Å². The Morgan fingerprint density at radius 1 is 1.19 bits per heavy atom. The van der Waals surface area contributed by atoms with Gasteiger partial charge in [0.25, 0.3) is 0 Å². The fraction of sp³-hybridized carbons (Fsp3) is 0.333. The molecule has 0 bridgehead atoms. The van der Waals surface area contributed by atoms with E-state index >= 15 is 0 Å². The molecular formula is C15H17N. The minimum Gasteiger partial charge on any atom is -0.312 e. The second-order valence-corrected chi connectivity index (χ2v) is 4.67. The van der Waals surface area contributed by atoms with Gasteiger partial charge in [-0.3, -0.25) is 0 Å². The zero-order valence-corrected chi connectivity index (χ0v) is 9.55. The lowest BCUT2D eigenvalue weighted by molar-refractivity contribution is 0.739. The number of benzene rings is 1. The number of hydrogen-bond acceptors (Lipinski definition) is 1. The van der Waals surface area contributed by atoms with Crippen LogP contribution in [0.3, 0.4) is 0 Å². The molecule has 1 aromatic carbocycles. The maximum Gasteiger partial charge on any atom is 0.0208 e. The maximum absolute atomic E-state index is 4.11. The third-order valence-corrected chi connectivity index (χ3v) is 3.58. The van der Waals surface area contributed by atoms with Crippen molar-refractivity contribution in [2.75, 3.05) is 13.1 Å². The van der Waals surface area contributed by atoms with Gasteiger partial charge in [0, 0.05) is 6.54 Å². The molecule has 0 unspecified atom stereocenters. The Morgan fingerprint density at radius 3 is 2.94 bits per heavy atom. The molecule has 2 aliphatic rings. The molecule has 1 heteroatoms. The highest BCUT2D eigenvalue weighted by Crippen LogP contribution is 2.32. The van der Waals surface area contributed by atoms with E-state index in [1.807, 2.05) is 0 Å². The van der Waals surface area contributed by atoms with Crippen LogP contribution >= 0.6 is 0 Å². The summed E-state index contributed by atoms with van der Waals surface area (Å²) in [5.41, 5.74) is 7.01. The summed E-state index contributed by atoms with van der Waals surface area (Å²) in [5.74, 6) is 0. The van der Waals surface area contributed by atoms with Gasteiger partial charge in [-0.1, -0.05) is 30.9 Å². The van der Waals surface area contributed by atoms with E-state index in [0.717, 1.165) is 25.9 Å². The first-order valence-electron chi connectivity index (χ1n) is 6.06. The number of allylic oxidation sites excluding steroid dienone is 1. The van der Waals surface area contributed by atoms with Gasteiger partial charge in [0.1, 0.15) is 0 Å². The molecule has 1 heterocycles. The van der Waals surface area contributed by atoms with E-state index in [4.69, 9.17) is 0 Å². The van der Waals surface area contributed by atoms with Gasteiger partial charge in [0.15, 0.2) is 0 Å². The summed E-state index contributed by atoms with van der Waals surface area (Å²) in [7, 11) is 0. The van der Waals surface area contributed by atoms with Crippen LogP contribution < -0.4 is 5.32 Å². The average Bonchev–Trinajstić information content (AvgIpc) is 2.72. The molecule has 3 rings (SSSR count). The summed E-state index contributed by atoms with van der Waals surface area (Å²) < 4.78 is 0. The molecule has 1 aliphatic heterocycles. The molecular weight excluding hydrogens is 194 g/mol. The second-order valence-electron chi connectivity index (χ2n) is 4.67. The first kappa shape index (κ1) is 9.86. The van der Waals surface area contributed by atoms with E-state index in [-0.39, 0.29) is 0 Å². The predicted octanol–water partition coefficient (Wildman–Crippen LogP) is 3.02. The van der Waals surface area contributed by atoms with Crippen LogP contribution in [0.2, 0.25) is 0 Å². The minimum absolute atomic E-state index is 1.01. The van der Waals surface area contributed by atoms with Crippen LogP contribution in [0.5, 0.6) is 0 Å². The highest BCUT2D eigenvalue weighted by Gasteiger charge is 2.15. The maximum atomic E-state index is 4.11. The van der Waals surface area contributed by atoms with Gasteiger partial charge < -0.3 is 5.32 Å². The topological polar surface area (TPSA) is 12.0 Å². The van der Waals surface area contributed by atoms with Crippen LogP contribution in [0, 0.1) is 0 Å². The van der Waals surface area contributed by atoms with Crippen molar-refractivity contribution in [3.8, 4) is 0 Å². The zero-order chi connectivity index (χ0) is 11.0. The lowest BCUT2D eigenvalue weighted by atomic mass is 9.98. The fourth-order valence-corrected chi connectivity index (χ4v) is 2.63. The van der Waals surface area contributed by atoms with Crippen molar-refractivity contribution in [2.45, 2.75) is 19.3 Å². The first-order chi connectivity index (χ1) is 7.84. The van der Waals surface area contributed by atoms with Crippen LogP contribution in [0.15, 0.2) is 30.9 Å². The van der Waals surface area contributed by atoms with Gasteiger partial charge in [-0.05, 0) is 53.6 Å². The third-order valence-electron chi connectivity index (χ3n) is 3.58. The highest BCUT2D eigenvalue weighted by atomic mass is 14.9. The molecule has 0 saturated carbocycles. The van der Waals surface area contributed by atoms with Crippen molar-refractivity contribution < 1.29 is 0 Å². The van der Waals surface area contributed by atoms with Crippen molar-refractivity contribution in [1.82, 2.24) is 5.32 Å². The van der Waals surface area contributed by atoms with E-state index in [0.29, 0.717) is 0 Å². The van der Waals surface area contributed by atoms with Gasteiger partial charge >= 0.3 is 0 Å². The summed E-state index contributed by atoms with van der Waals surface area (Å²) in [6.07, 6.45) is 5.82. The summed E-state index contributed by atoms with van der Waals surface area (Å²) in [6.45, 7) is 6.24. The minimum atomic E-state index is 1.01. The van der Waals surface area contributed by atoms with Gasteiger partial charge in [-0.25, -0.2) is 0 Å². The largest absolute Gasteiger partial charge is 0.312 e. The monoisotopic (exact) mass is 211 g/mol. The van der Waals surface area contributed by atoms with Crippen molar-refractivity contribution in [3.63, 3.8) is 0 Å². The summed E-state index contributed by atoms with van der Waals surface area (Å²) in [4.78, 5) is 0. The van der Waals surface area contributed by atoms with Crippen LogP contribution in [-0.4, -0.2) is 13.1 Å². The molecule has 1 aromatic rings. The number of hydrogen-bond donors (Lipinski definition) is 1. The van der Waals surface area contributed by atoms with Gasteiger partial charge in [-0.2, -0.15) is 0 Å². The van der Waals surface area contributed by atoms with E-state index < -0.39 is 0 Å². The van der Waals surface area contributed by atoms with Crippen molar-refractivity contribution in [3.05, 3.63) is 47.5 Å². The zero-order valence-electron chi connectivity index (χ0n) is 9.55. The van der Waals surface area contributed by atoms with Gasteiger partial charge in [0.2, 0.25) is 0 Å². The Labute approximate surface area is 96.9 Å². The third kappa shape index (κ3) is 1.61. The molecule has 0 fully saturated rings. The van der Waals surface area contributed by atoms with E-state index in [1.54, 1.807) is 0 Å². The lowest BCUT2D eigenvalue weighted by Gasteiger charge is -2.15. The Balaban J connectivity index is 1.98.